The van der Waals surface area contributed by atoms with Gasteiger partial charge in [-0.15, -0.1) is 0 Å². The van der Waals surface area contributed by atoms with Gasteiger partial charge in [-0.1, -0.05) is 0 Å². The number of nitrogens with zero attached hydrogens (tertiary/aromatic N) is 3. The zero-order valence-corrected chi connectivity index (χ0v) is 11.9. The number of aryl methyl sites for hydroxylation is 1. The molecule has 0 bridgehead atoms. The first-order chi connectivity index (χ1) is 10.3. The van der Waals surface area contributed by atoms with Gasteiger partial charge >= 0.3 is 5.69 Å². The Labute approximate surface area is 124 Å². The molecule has 0 aromatic carbocycles. The van der Waals surface area contributed by atoms with Gasteiger partial charge in [0, 0.05) is 23.1 Å². The Kier molecular flexibility index (Phi) is 4.74. The maximum Gasteiger partial charge on any atom is 0.333 e. The molecule has 1 aromatic rings. The first-order valence-electron chi connectivity index (χ1n) is 6.74. The molecule has 0 spiro atoms. The fraction of sp³-hybridized carbons (Fsp3) is 0.667. The summed E-state index contributed by atoms with van der Waals surface area (Å²) in [6.45, 7) is 0.194. The van der Waals surface area contributed by atoms with Gasteiger partial charge in [-0.2, -0.15) is 0 Å². The molecule has 1 aliphatic heterocycles. The standard InChI is InChI=1S/C12H17N3O7/c1-7-5-14(10-4-8(17)9(6-16)22-10)12(19)13(11(7)18)2-3-15(20)21/h5,8-10,16-17H,2-4,6H2,1H3/t8-,9+,10+/m0/s1. The smallest absolute Gasteiger partial charge is 0.333 e. The van der Waals surface area contributed by atoms with Crippen LogP contribution in [0.5, 0.6) is 0 Å². The van der Waals surface area contributed by atoms with E-state index in [2.05, 4.69) is 0 Å². The van der Waals surface area contributed by atoms with Crippen LogP contribution in [-0.2, 0) is 11.3 Å². The molecule has 0 aliphatic carbocycles. The third-order valence-corrected chi connectivity index (χ3v) is 3.57. The summed E-state index contributed by atoms with van der Waals surface area (Å²) in [7, 11) is 0. The molecule has 0 amide bonds. The summed E-state index contributed by atoms with van der Waals surface area (Å²) in [6.07, 6.45) is -1.19. The van der Waals surface area contributed by atoms with Gasteiger partial charge in [0.25, 0.3) is 5.56 Å². The van der Waals surface area contributed by atoms with E-state index in [1.807, 2.05) is 0 Å². The molecule has 1 saturated heterocycles. The molecule has 122 valence electrons. The number of hydrogen-bond acceptors (Lipinski definition) is 7. The molecule has 0 radical (unpaired) electrons. The van der Waals surface area contributed by atoms with E-state index in [0.29, 0.717) is 0 Å². The number of ether oxygens (including phenoxy) is 1. The SMILES string of the molecule is Cc1cn([C@H]2C[C@H](O)[C@@H](CO)O2)c(=O)n(CC[N+](=O)[O-])c1=O. The number of aliphatic hydroxyl groups is 2. The second-order valence-electron chi connectivity index (χ2n) is 5.13. The first-order valence-corrected chi connectivity index (χ1v) is 6.74. The number of aliphatic hydroxyl groups excluding tert-OH is 2. The predicted octanol–water partition coefficient (Wildman–Crippen LogP) is -1.76. The van der Waals surface area contributed by atoms with E-state index >= 15 is 0 Å². The third kappa shape index (κ3) is 3.08. The predicted molar refractivity (Wildman–Crippen MR) is 73.2 cm³/mol. The van der Waals surface area contributed by atoms with Crippen molar-refractivity contribution in [3.05, 3.63) is 42.7 Å². The third-order valence-electron chi connectivity index (χ3n) is 3.57. The summed E-state index contributed by atoms with van der Waals surface area (Å²) in [4.78, 5) is 34.1. The summed E-state index contributed by atoms with van der Waals surface area (Å²) >= 11 is 0. The van der Waals surface area contributed by atoms with E-state index in [9.17, 15) is 24.8 Å². The zero-order valence-electron chi connectivity index (χ0n) is 11.9. The fourth-order valence-electron chi connectivity index (χ4n) is 2.39. The van der Waals surface area contributed by atoms with Crippen molar-refractivity contribution in [2.24, 2.45) is 0 Å². The van der Waals surface area contributed by atoms with Crippen LogP contribution in [0.3, 0.4) is 0 Å². The van der Waals surface area contributed by atoms with E-state index < -0.39 is 47.8 Å². The lowest BCUT2D eigenvalue weighted by molar-refractivity contribution is -0.481. The number of nitro groups is 1. The summed E-state index contributed by atoms with van der Waals surface area (Å²) in [5.41, 5.74) is -1.11. The Balaban J connectivity index is 2.39. The van der Waals surface area contributed by atoms with Gasteiger partial charge in [-0.05, 0) is 6.92 Å². The fourth-order valence-corrected chi connectivity index (χ4v) is 2.39. The van der Waals surface area contributed by atoms with Crippen molar-refractivity contribution in [1.82, 2.24) is 9.13 Å². The molecule has 2 rings (SSSR count). The average molecular weight is 315 g/mol. The van der Waals surface area contributed by atoms with Crippen LogP contribution in [-0.4, -0.2) is 49.6 Å². The summed E-state index contributed by atoms with van der Waals surface area (Å²) in [6, 6.07) is 0. The Bertz CT molecular complexity index is 680. The molecule has 1 aromatic heterocycles. The van der Waals surface area contributed by atoms with E-state index in [4.69, 9.17) is 9.84 Å². The van der Waals surface area contributed by atoms with Crippen molar-refractivity contribution >= 4 is 0 Å². The Hall–Kier alpha value is -2.04. The van der Waals surface area contributed by atoms with Gasteiger partial charge in [0.05, 0.1) is 19.3 Å². The molecular weight excluding hydrogens is 298 g/mol. The van der Waals surface area contributed by atoms with E-state index in [-0.39, 0.29) is 18.5 Å². The highest BCUT2D eigenvalue weighted by Crippen LogP contribution is 2.27. The van der Waals surface area contributed by atoms with E-state index in [0.717, 1.165) is 9.13 Å². The van der Waals surface area contributed by atoms with Crippen molar-refractivity contribution < 1.29 is 19.9 Å². The van der Waals surface area contributed by atoms with Crippen LogP contribution in [0.1, 0.15) is 18.2 Å². The van der Waals surface area contributed by atoms with Gasteiger partial charge in [-0.25, -0.2) is 4.79 Å². The highest BCUT2D eigenvalue weighted by Gasteiger charge is 2.35. The Morgan fingerprint density at radius 2 is 2.18 bits per heavy atom. The topological polar surface area (TPSA) is 137 Å². The lowest BCUT2D eigenvalue weighted by Crippen LogP contribution is -2.43. The van der Waals surface area contributed by atoms with Crippen LogP contribution >= 0.6 is 0 Å². The second kappa shape index (κ2) is 6.38. The Morgan fingerprint density at radius 1 is 1.50 bits per heavy atom. The number of hydrogen-bond donors (Lipinski definition) is 2. The molecule has 0 saturated carbocycles. The quantitative estimate of drug-likeness (QED) is 0.485. The molecule has 2 N–H and O–H groups in total. The van der Waals surface area contributed by atoms with Gasteiger partial charge in [-0.3, -0.25) is 24.0 Å². The van der Waals surface area contributed by atoms with Crippen molar-refractivity contribution in [1.29, 1.82) is 0 Å². The summed E-state index contributed by atoms with van der Waals surface area (Å²) in [5.74, 6) is 0. The maximum atomic E-state index is 12.3. The summed E-state index contributed by atoms with van der Waals surface area (Å²) in [5, 5.41) is 29.2. The lowest BCUT2D eigenvalue weighted by atomic mass is 10.2. The van der Waals surface area contributed by atoms with Gasteiger partial charge in [0.1, 0.15) is 12.3 Å². The molecule has 10 heteroatoms. The molecule has 3 atom stereocenters. The monoisotopic (exact) mass is 315 g/mol. The first kappa shape index (κ1) is 16.3. The van der Waals surface area contributed by atoms with Crippen LogP contribution in [0.4, 0.5) is 0 Å². The molecular formula is C12H17N3O7. The van der Waals surface area contributed by atoms with Gasteiger partial charge < -0.3 is 14.9 Å². The highest BCUT2D eigenvalue weighted by molar-refractivity contribution is 5.04. The minimum atomic E-state index is -0.929. The molecule has 2 heterocycles. The largest absolute Gasteiger partial charge is 0.394 e. The lowest BCUT2D eigenvalue weighted by Gasteiger charge is -2.17. The van der Waals surface area contributed by atoms with Gasteiger partial charge in [0.15, 0.2) is 0 Å². The van der Waals surface area contributed by atoms with Crippen molar-refractivity contribution in [3.63, 3.8) is 0 Å². The van der Waals surface area contributed by atoms with Crippen molar-refractivity contribution in [2.45, 2.75) is 38.3 Å². The normalized spacial score (nSPS) is 24.6. The number of rotatable bonds is 5. The van der Waals surface area contributed by atoms with Crippen molar-refractivity contribution in [2.75, 3.05) is 13.2 Å². The van der Waals surface area contributed by atoms with E-state index in [1.165, 1.54) is 13.1 Å². The van der Waals surface area contributed by atoms with E-state index in [1.54, 1.807) is 0 Å². The van der Waals surface area contributed by atoms with Crippen LogP contribution in [0.25, 0.3) is 0 Å². The highest BCUT2D eigenvalue weighted by atomic mass is 16.6. The maximum absolute atomic E-state index is 12.3. The summed E-state index contributed by atoms with van der Waals surface area (Å²) < 4.78 is 7.28. The molecule has 10 nitrogen and oxygen atoms in total. The minimum absolute atomic E-state index is 0.0814. The average Bonchev–Trinajstić information content (AvgIpc) is 2.83. The molecule has 0 unspecified atom stereocenters. The minimum Gasteiger partial charge on any atom is -0.394 e. The molecule has 1 aliphatic rings. The molecule has 22 heavy (non-hydrogen) atoms. The molecule has 1 fully saturated rings. The van der Waals surface area contributed by atoms with Crippen LogP contribution in [0.15, 0.2) is 15.8 Å². The Morgan fingerprint density at radius 3 is 2.73 bits per heavy atom. The zero-order chi connectivity index (χ0) is 16.4. The van der Waals surface area contributed by atoms with Crippen LogP contribution in [0.2, 0.25) is 0 Å². The van der Waals surface area contributed by atoms with Crippen molar-refractivity contribution in [3.8, 4) is 0 Å². The second-order valence-corrected chi connectivity index (χ2v) is 5.13. The van der Waals surface area contributed by atoms with Crippen LogP contribution < -0.4 is 11.2 Å². The van der Waals surface area contributed by atoms with Gasteiger partial charge in [0.2, 0.25) is 6.54 Å². The number of aromatic nitrogens is 2. The van der Waals surface area contributed by atoms with Crippen LogP contribution in [0, 0.1) is 17.0 Å².